The number of fused-ring (bicyclic) bond motifs is 3. The number of rotatable bonds is 3. The Labute approximate surface area is 127 Å². The summed E-state index contributed by atoms with van der Waals surface area (Å²) in [6.07, 6.45) is 8.74. The lowest BCUT2D eigenvalue weighted by Gasteiger charge is -2.26. The van der Waals surface area contributed by atoms with E-state index in [1.165, 1.54) is 25.6 Å². The van der Waals surface area contributed by atoms with Gasteiger partial charge in [0.2, 0.25) is 0 Å². The molecule has 4 heterocycles. The first-order chi connectivity index (χ1) is 10.8. The van der Waals surface area contributed by atoms with Crippen molar-refractivity contribution >= 4 is 16.7 Å². The standard InChI is InChI=1S/C15H18N6O/c22-14-12-10-16-15-17-11-18-21(15)13(12)4-7-20(14)9-8-19-5-2-1-3-6-19/h4,7,10-11H,1-3,5-6,8-9H2. The topological polar surface area (TPSA) is 68.3 Å². The second-order valence-electron chi connectivity index (χ2n) is 5.75. The van der Waals surface area contributed by atoms with E-state index in [0.29, 0.717) is 17.7 Å². The fraction of sp³-hybridized carbons (Fsp3) is 0.467. The Kier molecular flexibility index (Phi) is 3.34. The predicted molar refractivity (Wildman–Crippen MR) is 82.8 cm³/mol. The molecule has 0 spiro atoms. The van der Waals surface area contributed by atoms with Gasteiger partial charge >= 0.3 is 0 Å². The van der Waals surface area contributed by atoms with Crippen LogP contribution in [0.1, 0.15) is 19.3 Å². The van der Waals surface area contributed by atoms with Gasteiger partial charge < -0.3 is 9.47 Å². The Bertz CT molecular complexity index is 861. The molecule has 0 atom stereocenters. The van der Waals surface area contributed by atoms with Crippen LogP contribution in [0.2, 0.25) is 0 Å². The van der Waals surface area contributed by atoms with Crippen molar-refractivity contribution in [1.82, 2.24) is 29.0 Å². The maximum atomic E-state index is 12.6. The molecule has 1 fully saturated rings. The number of hydrogen-bond donors (Lipinski definition) is 0. The first-order valence-electron chi connectivity index (χ1n) is 7.73. The van der Waals surface area contributed by atoms with Gasteiger partial charge in [-0.25, -0.2) is 4.98 Å². The maximum absolute atomic E-state index is 12.6. The lowest BCUT2D eigenvalue weighted by Crippen LogP contribution is -2.34. The molecular weight excluding hydrogens is 280 g/mol. The van der Waals surface area contributed by atoms with Crippen molar-refractivity contribution in [3.05, 3.63) is 35.1 Å². The smallest absolute Gasteiger partial charge is 0.261 e. The normalized spacial score (nSPS) is 16.5. The molecule has 3 aromatic heterocycles. The van der Waals surface area contributed by atoms with Crippen molar-refractivity contribution in [2.24, 2.45) is 0 Å². The number of aromatic nitrogens is 5. The first-order valence-corrected chi connectivity index (χ1v) is 7.73. The van der Waals surface area contributed by atoms with Gasteiger partial charge in [0.1, 0.15) is 6.33 Å². The van der Waals surface area contributed by atoms with Crippen molar-refractivity contribution < 1.29 is 0 Å². The molecule has 7 heteroatoms. The fourth-order valence-corrected chi connectivity index (χ4v) is 3.11. The highest BCUT2D eigenvalue weighted by atomic mass is 16.1. The van der Waals surface area contributed by atoms with Crippen molar-refractivity contribution in [2.75, 3.05) is 19.6 Å². The maximum Gasteiger partial charge on any atom is 0.261 e. The molecule has 1 aliphatic heterocycles. The van der Waals surface area contributed by atoms with Crippen LogP contribution in [-0.4, -0.2) is 48.7 Å². The van der Waals surface area contributed by atoms with Crippen LogP contribution >= 0.6 is 0 Å². The molecule has 4 rings (SSSR count). The first kappa shape index (κ1) is 13.4. The van der Waals surface area contributed by atoms with Gasteiger partial charge in [-0.3, -0.25) is 4.79 Å². The molecule has 3 aromatic rings. The third-order valence-electron chi connectivity index (χ3n) is 4.35. The lowest BCUT2D eigenvalue weighted by atomic mass is 10.1. The number of likely N-dealkylation sites (tertiary alicyclic amines) is 1. The van der Waals surface area contributed by atoms with E-state index in [0.717, 1.165) is 25.2 Å². The molecule has 0 aromatic carbocycles. The van der Waals surface area contributed by atoms with E-state index in [4.69, 9.17) is 0 Å². The van der Waals surface area contributed by atoms with Gasteiger partial charge in [0.05, 0.1) is 10.9 Å². The van der Waals surface area contributed by atoms with Crippen LogP contribution < -0.4 is 5.56 Å². The monoisotopic (exact) mass is 298 g/mol. The van der Waals surface area contributed by atoms with Gasteiger partial charge in [-0.05, 0) is 32.0 Å². The lowest BCUT2D eigenvalue weighted by molar-refractivity contribution is 0.220. The fourth-order valence-electron chi connectivity index (χ4n) is 3.11. The molecule has 114 valence electrons. The van der Waals surface area contributed by atoms with E-state index in [2.05, 4.69) is 20.0 Å². The zero-order valence-corrected chi connectivity index (χ0v) is 12.4. The minimum atomic E-state index is -0.0144. The minimum absolute atomic E-state index is 0.0144. The Morgan fingerprint density at radius 1 is 1.09 bits per heavy atom. The van der Waals surface area contributed by atoms with Crippen LogP contribution in [-0.2, 0) is 6.54 Å². The Hall–Kier alpha value is -2.28. The van der Waals surface area contributed by atoms with Crippen molar-refractivity contribution in [3.63, 3.8) is 0 Å². The summed E-state index contributed by atoms with van der Waals surface area (Å²) >= 11 is 0. The highest BCUT2D eigenvalue weighted by Crippen LogP contribution is 2.10. The summed E-state index contributed by atoms with van der Waals surface area (Å²) in [4.78, 5) is 23.3. The largest absolute Gasteiger partial charge is 0.314 e. The van der Waals surface area contributed by atoms with Crippen LogP contribution in [0.15, 0.2) is 29.6 Å². The Morgan fingerprint density at radius 2 is 1.95 bits per heavy atom. The summed E-state index contributed by atoms with van der Waals surface area (Å²) in [7, 11) is 0. The summed E-state index contributed by atoms with van der Waals surface area (Å²) < 4.78 is 3.37. The minimum Gasteiger partial charge on any atom is -0.314 e. The highest BCUT2D eigenvalue weighted by Gasteiger charge is 2.12. The van der Waals surface area contributed by atoms with E-state index < -0.39 is 0 Å². The molecule has 0 radical (unpaired) electrons. The molecule has 0 bridgehead atoms. The van der Waals surface area contributed by atoms with Gasteiger partial charge in [-0.2, -0.15) is 14.6 Å². The van der Waals surface area contributed by atoms with E-state index in [9.17, 15) is 4.79 Å². The van der Waals surface area contributed by atoms with Gasteiger partial charge in [-0.1, -0.05) is 6.42 Å². The quantitative estimate of drug-likeness (QED) is 0.719. The van der Waals surface area contributed by atoms with Gasteiger partial charge in [0.15, 0.2) is 0 Å². The summed E-state index contributed by atoms with van der Waals surface area (Å²) in [5.74, 6) is 0.512. The summed E-state index contributed by atoms with van der Waals surface area (Å²) in [6.45, 7) is 3.92. The number of pyridine rings is 1. The zero-order chi connectivity index (χ0) is 14.9. The van der Waals surface area contributed by atoms with Crippen molar-refractivity contribution in [3.8, 4) is 0 Å². The Morgan fingerprint density at radius 3 is 2.82 bits per heavy atom. The van der Waals surface area contributed by atoms with Crippen LogP contribution in [0.25, 0.3) is 16.7 Å². The Balaban J connectivity index is 1.65. The van der Waals surface area contributed by atoms with E-state index >= 15 is 0 Å². The second kappa shape index (κ2) is 5.49. The van der Waals surface area contributed by atoms with Gasteiger partial charge in [-0.15, -0.1) is 0 Å². The van der Waals surface area contributed by atoms with E-state index in [1.807, 2.05) is 12.3 Å². The molecule has 0 amide bonds. The van der Waals surface area contributed by atoms with Crippen molar-refractivity contribution in [2.45, 2.75) is 25.8 Å². The van der Waals surface area contributed by atoms with E-state index in [-0.39, 0.29) is 5.56 Å². The molecule has 1 aliphatic rings. The SMILES string of the molecule is O=c1c2cnc3ncnn3c2ccn1CCN1CCCCC1. The van der Waals surface area contributed by atoms with Crippen LogP contribution in [0, 0.1) is 0 Å². The summed E-state index contributed by atoms with van der Waals surface area (Å²) in [5, 5.41) is 4.71. The third kappa shape index (κ3) is 2.27. The zero-order valence-electron chi connectivity index (χ0n) is 12.4. The van der Waals surface area contributed by atoms with Crippen molar-refractivity contribution in [1.29, 1.82) is 0 Å². The molecule has 0 unspecified atom stereocenters. The van der Waals surface area contributed by atoms with E-state index in [1.54, 1.807) is 15.3 Å². The second-order valence-corrected chi connectivity index (χ2v) is 5.75. The summed E-state index contributed by atoms with van der Waals surface area (Å²) in [6, 6.07) is 1.91. The molecule has 0 saturated carbocycles. The molecule has 0 aliphatic carbocycles. The molecular formula is C15H18N6O. The molecule has 0 N–H and O–H groups in total. The predicted octanol–water partition coefficient (Wildman–Crippen LogP) is 0.925. The molecule has 22 heavy (non-hydrogen) atoms. The molecule has 1 saturated heterocycles. The van der Waals surface area contributed by atoms with Crippen LogP contribution in [0.3, 0.4) is 0 Å². The van der Waals surface area contributed by atoms with Gasteiger partial charge in [0, 0.05) is 25.5 Å². The third-order valence-corrected chi connectivity index (χ3v) is 4.35. The van der Waals surface area contributed by atoms with Crippen LogP contribution in [0.5, 0.6) is 0 Å². The summed E-state index contributed by atoms with van der Waals surface area (Å²) in [5.41, 5.74) is 0.737. The average Bonchev–Trinajstić information content (AvgIpc) is 3.04. The number of piperidine rings is 1. The molecule has 7 nitrogen and oxygen atoms in total. The highest BCUT2D eigenvalue weighted by molar-refractivity contribution is 5.78. The number of nitrogens with zero attached hydrogens (tertiary/aromatic N) is 6. The average molecular weight is 298 g/mol. The number of hydrogen-bond acceptors (Lipinski definition) is 5. The van der Waals surface area contributed by atoms with Gasteiger partial charge in [0.25, 0.3) is 11.3 Å². The van der Waals surface area contributed by atoms with Crippen LogP contribution in [0.4, 0.5) is 0 Å².